The lowest BCUT2D eigenvalue weighted by Crippen LogP contribution is -2.46. The summed E-state index contributed by atoms with van der Waals surface area (Å²) in [5, 5.41) is 5.98. The number of hydrogen-bond acceptors (Lipinski definition) is 3. The normalized spacial score (nSPS) is 19.6. The number of hydrogen-bond donors (Lipinski definition) is 2. The molecule has 0 saturated carbocycles. The molecular formula is C15H23N3OS. The van der Waals surface area contributed by atoms with E-state index in [2.05, 4.69) is 35.0 Å². The topological polar surface area (TPSA) is 44.4 Å². The van der Waals surface area contributed by atoms with E-state index in [0.29, 0.717) is 0 Å². The maximum Gasteiger partial charge on any atom is 0.319 e. The van der Waals surface area contributed by atoms with Gasteiger partial charge in [0.25, 0.3) is 0 Å². The van der Waals surface area contributed by atoms with E-state index in [1.54, 1.807) is 11.9 Å². The predicted octanol–water partition coefficient (Wildman–Crippen LogP) is 3.17. The smallest absolute Gasteiger partial charge is 0.319 e. The lowest BCUT2D eigenvalue weighted by atomic mass is 10.1. The van der Waals surface area contributed by atoms with E-state index in [9.17, 15) is 4.79 Å². The van der Waals surface area contributed by atoms with Gasteiger partial charge in [0, 0.05) is 24.8 Å². The highest BCUT2D eigenvalue weighted by atomic mass is 32.2. The molecule has 1 aliphatic heterocycles. The van der Waals surface area contributed by atoms with Crippen molar-refractivity contribution in [3.63, 3.8) is 0 Å². The zero-order valence-corrected chi connectivity index (χ0v) is 13.2. The van der Waals surface area contributed by atoms with Crippen molar-refractivity contribution in [1.29, 1.82) is 0 Å². The van der Waals surface area contributed by atoms with E-state index in [4.69, 9.17) is 0 Å². The first-order valence-corrected chi connectivity index (χ1v) is 8.20. The Kier molecular flexibility index (Phi) is 5.31. The highest BCUT2D eigenvalue weighted by Gasteiger charge is 2.20. The van der Waals surface area contributed by atoms with Crippen LogP contribution in [0.1, 0.15) is 24.0 Å². The fraction of sp³-hybridized carbons (Fsp3) is 0.533. The van der Waals surface area contributed by atoms with Crippen molar-refractivity contribution in [2.45, 2.75) is 32.7 Å². The van der Waals surface area contributed by atoms with Gasteiger partial charge in [-0.25, -0.2) is 9.10 Å². The molecule has 0 spiro atoms. The molecule has 1 atom stereocenters. The van der Waals surface area contributed by atoms with Crippen LogP contribution in [0.4, 0.5) is 10.5 Å². The molecule has 110 valence electrons. The fourth-order valence-electron chi connectivity index (χ4n) is 2.40. The van der Waals surface area contributed by atoms with Crippen molar-refractivity contribution >= 4 is 23.7 Å². The van der Waals surface area contributed by atoms with E-state index in [1.807, 2.05) is 18.2 Å². The van der Waals surface area contributed by atoms with Crippen LogP contribution in [-0.2, 0) is 0 Å². The van der Waals surface area contributed by atoms with Crippen LogP contribution in [-0.4, -0.2) is 35.7 Å². The van der Waals surface area contributed by atoms with E-state index in [1.165, 1.54) is 11.1 Å². The predicted molar refractivity (Wildman–Crippen MR) is 86.2 cm³/mol. The van der Waals surface area contributed by atoms with Crippen molar-refractivity contribution in [2.24, 2.45) is 0 Å². The van der Waals surface area contributed by atoms with Crippen LogP contribution >= 0.6 is 11.9 Å². The maximum atomic E-state index is 12.0. The largest absolute Gasteiger partial charge is 0.334 e. The first-order valence-electron chi connectivity index (χ1n) is 7.02. The van der Waals surface area contributed by atoms with Gasteiger partial charge in [0.05, 0.1) is 0 Å². The number of anilines is 1. The molecule has 1 aliphatic rings. The van der Waals surface area contributed by atoms with Crippen molar-refractivity contribution in [1.82, 2.24) is 9.62 Å². The van der Waals surface area contributed by atoms with Gasteiger partial charge in [-0.2, -0.15) is 0 Å². The minimum Gasteiger partial charge on any atom is -0.334 e. The molecule has 0 aliphatic carbocycles. The second-order valence-corrected chi connectivity index (χ2v) is 6.19. The summed E-state index contributed by atoms with van der Waals surface area (Å²) in [5.74, 6) is 0. The summed E-state index contributed by atoms with van der Waals surface area (Å²) < 4.78 is 2.30. The van der Waals surface area contributed by atoms with Crippen LogP contribution in [0.2, 0.25) is 0 Å². The standard InChI is InChI=1S/C15H23N3OS/c1-11-6-7-13(9-12(11)2)16-15(19)17-14-5-4-8-18(10-14)20-3/h6-7,9,14H,4-5,8,10H2,1-3H3,(H2,16,17,19). The Morgan fingerprint density at radius 3 is 2.85 bits per heavy atom. The minimum absolute atomic E-state index is 0.110. The Morgan fingerprint density at radius 2 is 2.15 bits per heavy atom. The first-order chi connectivity index (χ1) is 9.58. The highest BCUT2D eigenvalue weighted by molar-refractivity contribution is 7.96. The van der Waals surface area contributed by atoms with Gasteiger partial charge in [0.15, 0.2) is 0 Å². The quantitative estimate of drug-likeness (QED) is 0.841. The third-order valence-corrected chi connectivity index (χ3v) is 4.59. The number of nitrogens with one attached hydrogen (secondary N) is 2. The Hall–Kier alpha value is -1.20. The van der Waals surface area contributed by atoms with Gasteiger partial charge in [0.1, 0.15) is 0 Å². The molecule has 1 saturated heterocycles. The second-order valence-electron chi connectivity index (χ2n) is 5.31. The van der Waals surface area contributed by atoms with E-state index in [-0.39, 0.29) is 12.1 Å². The van der Waals surface area contributed by atoms with Crippen LogP contribution in [0, 0.1) is 13.8 Å². The van der Waals surface area contributed by atoms with Gasteiger partial charge in [-0.05, 0) is 56.2 Å². The number of carbonyl (C=O) groups is 1. The SMILES string of the molecule is CSN1CCCC(NC(=O)Nc2ccc(C)c(C)c2)C1. The van der Waals surface area contributed by atoms with Gasteiger partial charge < -0.3 is 10.6 Å². The Labute approximate surface area is 125 Å². The van der Waals surface area contributed by atoms with Crippen LogP contribution in [0.5, 0.6) is 0 Å². The lowest BCUT2D eigenvalue weighted by Gasteiger charge is -2.31. The summed E-state index contributed by atoms with van der Waals surface area (Å²) in [6.45, 7) is 6.15. The van der Waals surface area contributed by atoms with E-state index < -0.39 is 0 Å². The van der Waals surface area contributed by atoms with Gasteiger partial charge in [-0.1, -0.05) is 18.0 Å². The number of nitrogens with zero attached hydrogens (tertiary/aromatic N) is 1. The molecule has 4 nitrogen and oxygen atoms in total. The van der Waals surface area contributed by atoms with Crippen LogP contribution in [0.3, 0.4) is 0 Å². The van der Waals surface area contributed by atoms with Gasteiger partial charge in [-0.15, -0.1) is 0 Å². The number of rotatable bonds is 3. The molecule has 2 amide bonds. The summed E-state index contributed by atoms with van der Waals surface area (Å²) in [6.07, 6.45) is 4.27. The van der Waals surface area contributed by atoms with Crippen molar-refractivity contribution < 1.29 is 4.79 Å². The zero-order valence-electron chi connectivity index (χ0n) is 12.4. The van der Waals surface area contributed by atoms with Gasteiger partial charge in [-0.3, -0.25) is 0 Å². The Morgan fingerprint density at radius 1 is 1.35 bits per heavy atom. The summed E-state index contributed by atoms with van der Waals surface area (Å²) in [5.41, 5.74) is 3.27. The van der Waals surface area contributed by atoms with Crippen molar-refractivity contribution in [3.05, 3.63) is 29.3 Å². The number of urea groups is 1. The number of benzene rings is 1. The minimum atomic E-state index is -0.110. The zero-order chi connectivity index (χ0) is 14.5. The summed E-state index contributed by atoms with van der Waals surface area (Å²) >= 11 is 1.75. The molecule has 20 heavy (non-hydrogen) atoms. The second kappa shape index (κ2) is 6.99. The molecular weight excluding hydrogens is 270 g/mol. The summed E-state index contributed by atoms with van der Waals surface area (Å²) in [4.78, 5) is 12.0. The molecule has 5 heteroatoms. The van der Waals surface area contributed by atoms with Crippen LogP contribution < -0.4 is 10.6 Å². The molecule has 0 bridgehead atoms. The fourth-order valence-corrected chi connectivity index (χ4v) is 3.04. The summed E-state index contributed by atoms with van der Waals surface area (Å²) in [7, 11) is 0. The third kappa shape index (κ3) is 4.15. The van der Waals surface area contributed by atoms with Gasteiger partial charge in [0.2, 0.25) is 0 Å². The Bertz CT molecular complexity index is 478. The van der Waals surface area contributed by atoms with Crippen LogP contribution in [0.25, 0.3) is 0 Å². The summed E-state index contributed by atoms with van der Waals surface area (Å²) in [6, 6.07) is 6.10. The van der Waals surface area contributed by atoms with Gasteiger partial charge >= 0.3 is 6.03 Å². The number of carbonyl (C=O) groups excluding carboxylic acids is 1. The third-order valence-electron chi connectivity index (χ3n) is 3.74. The molecule has 2 rings (SSSR count). The Balaban J connectivity index is 1.87. The monoisotopic (exact) mass is 293 g/mol. The number of piperidine rings is 1. The average molecular weight is 293 g/mol. The number of aryl methyl sites for hydroxylation is 2. The molecule has 1 aromatic carbocycles. The molecule has 1 unspecified atom stereocenters. The van der Waals surface area contributed by atoms with Crippen molar-refractivity contribution in [2.75, 3.05) is 24.7 Å². The number of amides is 2. The van der Waals surface area contributed by atoms with E-state index >= 15 is 0 Å². The van der Waals surface area contributed by atoms with Crippen molar-refractivity contribution in [3.8, 4) is 0 Å². The van der Waals surface area contributed by atoms with E-state index in [0.717, 1.165) is 31.6 Å². The average Bonchev–Trinajstić information content (AvgIpc) is 2.43. The molecule has 1 aromatic rings. The maximum absolute atomic E-state index is 12.0. The molecule has 0 radical (unpaired) electrons. The lowest BCUT2D eigenvalue weighted by molar-refractivity contribution is 0.239. The molecule has 1 heterocycles. The molecule has 0 aromatic heterocycles. The highest BCUT2D eigenvalue weighted by Crippen LogP contribution is 2.17. The first kappa shape index (κ1) is 15.2. The molecule has 1 fully saturated rings. The van der Waals surface area contributed by atoms with Crippen LogP contribution in [0.15, 0.2) is 18.2 Å². The molecule has 2 N–H and O–H groups in total.